The third-order valence-corrected chi connectivity index (χ3v) is 3.56. The van der Waals surface area contributed by atoms with Crippen LogP contribution in [0.2, 0.25) is 0 Å². The second-order valence-electron chi connectivity index (χ2n) is 4.75. The van der Waals surface area contributed by atoms with Gasteiger partial charge in [-0.25, -0.2) is 0 Å². The Kier molecular flexibility index (Phi) is 4.13. The summed E-state index contributed by atoms with van der Waals surface area (Å²) in [7, 11) is 1.60. The van der Waals surface area contributed by atoms with Gasteiger partial charge in [0.15, 0.2) is 5.78 Å². The highest BCUT2D eigenvalue weighted by atomic mass is 16.5. The van der Waals surface area contributed by atoms with E-state index in [4.69, 9.17) is 4.74 Å². The maximum absolute atomic E-state index is 12.0. The fourth-order valence-corrected chi connectivity index (χ4v) is 2.42. The molecular weight excluding hydrogens is 228 g/mol. The predicted molar refractivity (Wildman–Crippen MR) is 68.9 cm³/mol. The number of ketones is 2. The molecule has 3 heteroatoms. The van der Waals surface area contributed by atoms with Crippen LogP contribution in [-0.4, -0.2) is 18.7 Å². The van der Waals surface area contributed by atoms with Crippen LogP contribution in [0.15, 0.2) is 24.3 Å². The number of benzene rings is 1. The molecule has 0 amide bonds. The first-order chi connectivity index (χ1) is 8.70. The second-order valence-corrected chi connectivity index (χ2v) is 4.75. The molecule has 3 nitrogen and oxygen atoms in total. The van der Waals surface area contributed by atoms with Crippen LogP contribution in [0, 0.1) is 5.92 Å². The van der Waals surface area contributed by atoms with Gasteiger partial charge < -0.3 is 4.74 Å². The fourth-order valence-electron chi connectivity index (χ4n) is 2.42. The third-order valence-electron chi connectivity index (χ3n) is 3.56. The Hall–Kier alpha value is -1.64. The molecule has 0 radical (unpaired) electrons. The zero-order chi connectivity index (χ0) is 13.0. The zero-order valence-electron chi connectivity index (χ0n) is 10.6. The van der Waals surface area contributed by atoms with E-state index >= 15 is 0 Å². The lowest BCUT2D eigenvalue weighted by molar-refractivity contribution is -0.120. The SMILES string of the molecule is COc1ccc(C(=O)CC[C@@H]2CCCC2=O)cc1. The Balaban J connectivity index is 1.88. The highest BCUT2D eigenvalue weighted by molar-refractivity contribution is 5.96. The number of ether oxygens (including phenoxy) is 1. The summed E-state index contributed by atoms with van der Waals surface area (Å²) in [5, 5.41) is 0. The molecule has 1 fully saturated rings. The Morgan fingerprint density at radius 1 is 1.33 bits per heavy atom. The molecule has 0 bridgehead atoms. The van der Waals surface area contributed by atoms with Crippen LogP contribution in [-0.2, 0) is 4.79 Å². The van der Waals surface area contributed by atoms with E-state index in [1.807, 2.05) is 0 Å². The predicted octanol–water partition coefficient (Wildman–Crippen LogP) is 3.03. The van der Waals surface area contributed by atoms with E-state index in [0.717, 1.165) is 18.6 Å². The Bertz CT molecular complexity index is 434. The van der Waals surface area contributed by atoms with Crippen molar-refractivity contribution in [2.24, 2.45) is 5.92 Å². The van der Waals surface area contributed by atoms with Crippen LogP contribution < -0.4 is 4.74 Å². The summed E-state index contributed by atoms with van der Waals surface area (Å²) in [6.07, 6.45) is 3.79. The molecule has 0 unspecified atom stereocenters. The lowest BCUT2D eigenvalue weighted by Crippen LogP contribution is -2.09. The average Bonchev–Trinajstić information content (AvgIpc) is 2.81. The van der Waals surface area contributed by atoms with Gasteiger partial charge in [-0.3, -0.25) is 9.59 Å². The molecule has 1 aliphatic carbocycles. The van der Waals surface area contributed by atoms with E-state index in [-0.39, 0.29) is 11.7 Å². The van der Waals surface area contributed by atoms with Crippen LogP contribution in [0.5, 0.6) is 5.75 Å². The van der Waals surface area contributed by atoms with Gasteiger partial charge in [0.05, 0.1) is 7.11 Å². The van der Waals surface area contributed by atoms with Gasteiger partial charge in [0.25, 0.3) is 0 Å². The summed E-state index contributed by atoms with van der Waals surface area (Å²) in [5.41, 5.74) is 0.696. The maximum atomic E-state index is 12.0. The highest BCUT2D eigenvalue weighted by Gasteiger charge is 2.24. The lowest BCUT2D eigenvalue weighted by Gasteiger charge is -2.07. The smallest absolute Gasteiger partial charge is 0.162 e. The number of hydrogen-bond donors (Lipinski definition) is 0. The Labute approximate surface area is 107 Å². The molecule has 1 saturated carbocycles. The first-order valence-electron chi connectivity index (χ1n) is 6.40. The summed E-state index contributed by atoms with van der Waals surface area (Å²) in [4.78, 5) is 23.4. The molecule has 2 rings (SSSR count). The summed E-state index contributed by atoms with van der Waals surface area (Å²) in [6.45, 7) is 0. The Morgan fingerprint density at radius 3 is 2.61 bits per heavy atom. The third kappa shape index (κ3) is 2.97. The largest absolute Gasteiger partial charge is 0.497 e. The van der Waals surface area contributed by atoms with Crippen molar-refractivity contribution in [1.82, 2.24) is 0 Å². The number of methoxy groups -OCH3 is 1. The van der Waals surface area contributed by atoms with E-state index < -0.39 is 0 Å². The van der Waals surface area contributed by atoms with Crippen molar-refractivity contribution in [3.63, 3.8) is 0 Å². The van der Waals surface area contributed by atoms with Gasteiger partial charge >= 0.3 is 0 Å². The maximum Gasteiger partial charge on any atom is 0.162 e. The highest BCUT2D eigenvalue weighted by Crippen LogP contribution is 2.26. The average molecular weight is 246 g/mol. The van der Waals surface area contributed by atoms with Gasteiger partial charge in [-0.15, -0.1) is 0 Å². The van der Waals surface area contributed by atoms with Crippen LogP contribution in [0.3, 0.4) is 0 Å². The summed E-state index contributed by atoms with van der Waals surface area (Å²) < 4.78 is 5.05. The van der Waals surface area contributed by atoms with Gasteiger partial charge in [-0.05, 0) is 43.5 Å². The fraction of sp³-hybridized carbons (Fsp3) is 0.467. The second kappa shape index (κ2) is 5.80. The van der Waals surface area contributed by atoms with Crippen LogP contribution >= 0.6 is 0 Å². The first-order valence-corrected chi connectivity index (χ1v) is 6.40. The topological polar surface area (TPSA) is 43.4 Å². The molecule has 0 spiro atoms. The van der Waals surface area contributed by atoms with Crippen molar-refractivity contribution < 1.29 is 14.3 Å². The molecular formula is C15H18O3. The van der Waals surface area contributed by atoms with Crippen molar-refractivity contribution >= 4 is 11.6 Å². The molecule has 0 heterocycles. The summed E-state index contributed by atoms with van der Waals surface area (Å²) in [6, 6.07) is 7.12. The molecule has 1 aliphatic rings. The van der Waals surface area contributed by atoms with Crippen molar-refractivity contribution in [3.05, 3.63) is 29.8 Å². The molecule has 96 valence electrons. The first kappa shape index (κ1) is 12.8. The van der Waals surface area contributed by atoms with Crippen molar-refractivity contribution in [1.29, 1.82) is 0 Å². The minimum Gasteiger partial charge on any atom is -0.497 e. The molecule has 0 N–H and O–H groups in total. The van der Waals surface area contributed by atoms with E-state index in [9.17, 15) is 9.59 Å². The van der Waals surface area contributed by atoms with Gasteiger partial charge in [0, 0.05) is 24.3 Å². The van der Waals surface area contributed by atoms with Crippen molar-refractivity contribution in [2.75, 3.05) is 7.11 Å². The van der Waals surface area contributed by atoms with Gasteiger partial charge in [-0.2, -0.15) is 0 Å². The number of Topliss-reactive ketones (excluding diaryl/α,β-unsaturated/α-hetero) is 2. The normalized spacial score (nSPS) is 18.9. The van der Waals surface area contributed by atoms with Gasteiger partial charge in [-0.1, -0.05) is 0 Å². The van der Waals surface area contributed by atoms with E-state index in [1.54, 1.807) is 31.4 Å². The number of carbonyl (C=O) groups is 2. The van der Waals surface area contributed by atoms with Crippen LogP contribution in [0.4, 0.5) is 0 Å². The molecule has 18 heavy (non-hydrogen) atoms. The molecule has 0 aliphatic heterocycles. The molecule has 0 saturated heterocycles. The van der Waals surface area contributed by atoms with Crippen molar-refractivity contribution in [2.45, 2.75) is 32.1 Å². The standard InChI is InChI=1S/C15H18O3/c1-18-13-8-5-12(6-9-13)15(17)10-7-11-3-2-4-14(11)16/h5-6,8-9,11H,2-4,7,10H2,1H3/t11-/m0/s1. The molecule has 1 aromatic carbocycles. The summed E-state index contributed by atoms with van der Waals surface area (Å²) in [5.74, 6) is 1.31. The number of hydrogen-bond acceptors (Lipinski definition) is 3. The van der Waals surface area contributed by atoms with Gasteiger partial charge in [0.1, 0.15) is 11.5 Å². The van der Waals surface area contributed by atoms with E-state index in [1.165, 1.54) is 0 Å². The van der Waals surface area contributed by atoms with Crippen molar-refractivity contribution in [3.8, 4) is 5.75 Å². The van der Waals surface area contributed by atoms with E-state index in [0.29, 0.717) is 30.6 Å². The number of carbonyl (C=O) groups excluding carboxylic acids is 2. The zero-order valence-corrected chi connectivity index (χ0v) is 10.6. The quantitative estimate of drug-likeness (QED) is 0.750. The monoisotopic (exact) mass is 246 g/mol. The van der Waals surface area contributed by atoms with Gasteiger partial charge in [0.2, 0.25) is 0 Å². The number of rotatable bonds is 5. The molecule has 1 atom stereocenters. The minimum absolute atomic E-state index is 0.109. The van der Waals surface area contributed by atoms with Crippen LogP contribution in [0.25, 0.3) is 0 Å². The van der Waals surface area contributed by atoms with Crippen LogP contribution in [0.1, 0.15) is 42.5 Å². The lowest BCUT2D eigenvalue weighted by atomic mass is 9.97. The summed E-state index contributed by atoms with van der Waals surface area (Å²) >= 11 is 0. The minimum atomic E-state index is 0.109. The van der Waals surface area contributed by atoms with E-state index in [2.05, 4.69) is 0 Å². The molecule has 0 aromatic heterocycles. The molecule has 1 aromatic rings. The Morgan fingerprint density at radius 2 is 2.06 bits per heavy atom.